The average Bonchev–Trinajstić information content (AvgIpc) is 2.69. The molecular formula is C14H19BrN2O3. The van der Waals surface area contributed by atoms with Gasteiger partial charge in [0.15, 0.2) is 0 Å². The van der Waals surface area contributed by atoms with Gasteiger partial charge in [0.1, 0.15) is 18.4 Å². The maximum absolute atomic E-state index is 11.5. The monoisotopic (exact) mass is 342 g/mol. The zero-order chi connectivity index (χ0) is 14.5. The summed E-state index contributed by atoms with van der Waals surface area (Å²) in [5, 5.41) is 2.74. The molecule has 1 amide bonds. The maximum atomic E-state index is 11.5. The molecular weight excluding hydrogens is 324 g/mol. The van der Waals surface area contributed by atoms with E-state index in [2.05, 4.69) is 28.2 Å². The highest BCUT2D eigenvalue weighted by molar-refractivity contribution is 9.10. The van der Waals surface area contributed by atoms with E-state index < -0.39 is 6.04 Å². The Morgan fingerprint density at radius 3 is 2.90 bits per heavy atom. The molecule has 1 heterocycles. The minimum atomic E-state index is -0.604. The molecule has 0 fully saturated rings. The van der Waals surface area contributed by atoms with Crippen LogP contribution in [0.5, 0.6) is 5.75 Å². The molecule has 1 unspecified atom stereocenters. The lowest BCUT2D eigenvalue weighted by Gasteiger charge is -2.11. The number of benzene rings is 1. The second-order valence-electron chi connectivity index (χ2n) is 4.65. The van der Waals surface area contributed by atoms with Crippen molar-refractivity contribution < 1.29 is 14.3 Å². The molecule has 110 valence electrons. The van der Waals surface area contributed by atoms with Gasteiger partial charge in [0.05, 0.1) is 11.1 Å². The summed E-state index contributed by atoms with van der Waals surface area (Å²) in [6.45, 7) is 3.91. The minimum Gasteiger partial charge on any atom is -0.490 e. The first-order chi connectivity index (χ1) is 9.63. The van der Waals surface area contributed by atoms with Crippen LogP contribution < -0.4 is 15.8 Å². The van der Waals surface area contributed by atoms with E-state index in [0.29, 0.717) is 24.7 Å². The van der Waals surface area contributed by atoms with E-state index >= 15 is 0 Å². The summed E-state index contributed by atoms with van der Waals surface area (Å²) in [6, 6.07) is 3.01. The summed E-state index contributed by atoms with van der Waals surface area (Å²) >= 11 is 3.43. The van der Waals surface area contributed by atoms with Gasteiger partial charge in [0, 0.05) is 23.9 Å². The molecule has 0 aromatic heterocycles. The fraction of sp³-hybridized carbons (Fsp3) is 0.500. The van der Waals surface area contributed by atoms with E-state index in [1.54, 1.807) is 6.07 Å². The van der Waals surface area contributed by atoms with Crippen LogP contribution in [0, 0.1) is 0 Å². The van der Waals surface area contributed by atoms with Gasteiger partial charge in [-0.05, 0) is 28.4 Å². The lowest BCUT2D eigenvalue weighted by atomic mass is 10.1. The molecule has 0 aliphatic carbocycles. The first-order valence-corrected chi connectivity index (χ1v) is 7.53. The summed E-state index contributed by atoms with van der Waals surface area (Å²) in [5.41, 5.74) is 7.28. The number of anilines is 1. The Balaban J connectivity index is 1.90. The van der Waals surface area contributed by atoms with Crippen LogP contribution in [0.2, 0.25) is 0 Å². The standard InChI is InChI=1S/C14H19BrN2O3/c1-2-3-4-19-5-6-20-12-8-11-9(7-10(12)15)13(16)14(18)17-11/h7-8,13H,2-6,16H2,1H3,(H,17,18). The van der Waals surface area contributed by atoms with Crippen molar-refractivity contribution in [1.82, 2.24) is 0 Å². The number of unbranched alkanes of at least 4 members (excludes halogenated alkanes) is 1. The number of halogens is 1. The molecule has 0 radical (unpaired) electrons. The van der Waals surface area contributed by atoms with Crippen LogP contribution in [-0.4, -0.2) is 25.7 Å². The Labute approximate surface area is 126 Å². The van der Waals surface area contributed by atoms with Gasteiger partial charge in [-0.1, -0.05) is 13.3 Å². The van der Waals surface area contributed by atoms with Crippen LogP contribution in [0.25, 0.3) is 0 Å². The van der Waals surface area contributed by atoms with E-state index in [4.69, 9.17) is 15.2 Å². The highest BCUT2D eigenvalue weighted by Gasteiger charge is 2.28. The molecule has 1 aromatic rings. The van der Waals surface area contributed by atoms with Crippen LogP contribution in [0.3, 0.4) is 0 Å². The molecule has 5 nitrogen and oxygen atoms in total. The second kappa shape index (κ2) is 7.06. The van der Waals surface area contributed by atoms with Crippen molar-refractivity contribution in [1.29, 1.82) is 0 Å². The lowest BCUT2D eigenvalue weighted by molar-refractivity contribution is -0.116. The Morgan fingerprint density at radius 1 is 1.35 bits per heavy atom. The summed E-state index contributed by atoms with van der Waals surface area (Å²) in [7, 11) is 0. The summed E-state index contributed by atoms with van der Waals surface area (Å²) in [5.74, 6) is 0.490. The van der Waals surface area contributed by atoms with Gasteiger partial charge in [-0.25, -0.2) is 0 Å². The molecule has 1 aliphatic heterocycles. The molecule has 3 N–H and O–H groups in total. The molecule has 2 rings (SSSR count). The van der Waals surface area contributed by atoms with Crippen LogP contribution in [-0.2, 0) is 9.53 Å². The van der Waals surface area contributed by atoms with Crippen LogP contribution in [0.15, 0.2) is 16.6 Å². The van der Waals surface area contributed by atoms with Gasteiger partial charge in [0.25, 0.3) is 0 Å². The van der Waals surface area contributed by atoms with Crippen LogP contribution in [0.1, 0.15) is 31.4 Å². The van der Waals surface area contributed by atoms with Gasteiger partial charge in [-0.2, -0.15) is 0 Å². The fourth-order valence-corrected chi connectivity index (χ4v) is 2.43. The van der Waals surface area contributed by atoms with Crippen molar-refractivity contribution in [2.45, 2.75) is 25.8 Å². The molecule has 6 heteroatoms. The molecule has 0 saturated carbocycles. The van der Waals surface area contributed by atoms with Gasteiger partial charge in [-0.3, -0.25) is 4.79 Å². The number of ether oxygens (including phenoxy) is 2. The molecule has 0 bridgehead atoms. The molecule has 20 heavy (non-hydrogen) atoms. The number of carbonyl (C=O) groups is 1. The third kappa shape index (κ3) is 3.50. The third-order valence-corrected chi connectivity index (χ3v) is 3.73. The second-order valence-corrected chi connectivity index (χ2v) is 5.51. The zero-order valence-corrected chi connectivity index (χ0v) is 13.0. The van der Waals surface area contributed by atoms with E-state index in [0.717, 1.165) is 29.5 Å². The van der Waals surface area contributed by atoms with E-state index in [-0.39, 0.29) is 5.91 Å². The number of fused-ring (bicyclic) bond motifs is 1. The lowest BCUT2D eigenvalue weighted by Crippen LogP contribution is -2.19. The average molecular weight is 343 g/mol. The first-order valence-electron chi connectivity index (χ1n) is 6.74. The van der Waals surface area contributed by atoms with E-state index in [1.165, 1.54) is 0 Å². The van der Waals surface area contributed by atoms with Crippen molar-refractivity contribution in [2.75, 3.05) is 25.1 Å². The normalized spacial score (nSPS) is 16.9. The number of nitrogens with one attached hydrogen (secondary N) is 1. The minimum absolute atomic E-state index is 0.188. The first kappa shape index (κ1) is 15.3. The number of hydrogen-bond donors (Lipinski definition) is 2. The summed E-state index contributed by atoms with van der Waals surface area (Å²) < 4.78 is 11.9. The van der Waals surface area contributed by atoms with Gasteiger partial charge in [-0.15, -0.1) is 0 Å². The number of nitrogens with two attached hydrogens (primary N) is 1. The SMILES string of the molecule is CCCCOCCOc1cc2c(cc1Br)C(N)C(=O)N2. The molecule has 1 aromatic carbocycles. The molecule has 1 atom stereocenters. The number of carbonyl (C=O) groups excluding carboxylic acids is 1. The molecule has 0 saturated heterocycles. The predicted molar refractivity (Wildman–Crippen MR) is 80.9 cm³/mol. The molecule has 0 spiro atoms. The number of hydrogen-bond acceptors (Lipinski definition) is 4. The van der Waals surface area contributed by atoms with E-state index in [9.17, 15) is 4.79 Å². The van der Waals surface area contributed by atoms with Crippen molar-refractivity contribution >= 4 is 27.5 Å². The van der Waals surface area contributed by atoms with E-state index in [1.807, 2.05) is 6.07 Å². The zero-order valence-electron chi connectivity index (χ0n) is 11.4. The summed E-state index contributed by atoms with van der Waals surface area (Å²) in [6.07, 6.45) is 2.18. The van der Waals surface area contributed by atoms with Crippen molar-refractivity contribution in [3.8, 4) is 5.75 Å². The van der Waals surface area contributed by atoms with Gasteiger partial charge in [0.2, 0.25) is 5.91 Å². The Kier molecular flexibility index (Phi) is 5.39. The topological polar surface area (TPSA) is 73.6 Å². The fourth-order valence-electron chi connectivity index (χ4n) is 1.96. The Hall–Kier alpha value is -1.11. The third-order valence-electron chi connectivity index (χ3n) is 3.11. The predicted octanol–water partition coefficient (Wildman–Crippen LogP) is 2.60. The maximum Gasteiger partial charge on any atom is 0.245 e. The quantitative estimate of drug-likeness (QED) is 0.747. The Morgan fingerprint density at radius 2 is 2.15 bits per heavy atom. The summed E-state index contributed by atoms with van der Waals surface area (Å²) in [4.78, 5) is 11.5. The largest absolute Gasteiger partial charge is 0.490 e. The highest BCUT2D eigenvalue weighted by Crippen LogP contribution is 2.37. The molecule has 1 aliphatic rings. The van der Waals surface area contributed by atoms with Crippen molar-refractivity contribution in [3.05, 3.63) is 22.2 Å². The highest BCUT2D eigenvalue weighted by atomic mass is 79.9. The van der Waals surface area contributed by atoms with Gasteiger partial charge >= 0.3 is 0 Å². The number of amides is 1. The van der Waals surface area contributed by atoms with Crippen LogP contribution >= 0.6 is 15.9 Å². The van der Waals surface area contributed by atoms with Crippen molar-refractivity contribution in [2.24, 2.45) is 5.73 Å². The smallest absolute Gasteiger partial charge is 0.245 e. The Bertz CT molecular complexity index is 494. The van der Waals surface area contributed by atoms with Gasteiger partial charge < -0.3 is 20.5 Å². The van der Waals surface area contributed by atoms with Crippen LogP contribution in [0.4, 0.5) is 5.69 Å². The number of rotatable bonds is 7. The van der Waals surface area contributed by atoms with Crippen molar-refractivity contribution in [3.63, 3.8) is 0 Å².